The zero-order valence-electron chi connectivity index (χ0n) is 11.1. The molecule has 0 aliphatic heterocycles. The van der Waals surface area contributed by atoms with E-state index >= 15 is 0 Å². The molecule has 0 aliphatic rings. The molecule has 0 aliphatic carbocycles. The van der Waals surface area contributed by atoms with E-state index in [-0.39, 0.29) is 17.4 Å². The number of amides is 1. The van der Waals surface area contributed by atoms with Crippen LogP contribution in [0.2, 0.25) is 0 Å². The van der Waals surface area contributed by atoms with Crippen molar-refractivity contribution in [2.75, 3.05) is 7.05 Å². The second kappa shape index (κ2) is 5.60. The van der Waals surface area contributed by atoms with E-state index in [1.807, 2.05) is 12.3 Å². The first-order chi connectivity index (χ1) is 7.84. The first-order valence-electron chi connectivity index (χ1n) is 5.74. The molecule has 0 saturated carbocycles. The molecule has 0 fully saturated rings. The van der Waals surface area contributed by atoms with Crippen LogP contribution in [0, 0.1) is 0 Å². The zero-order chi connectivity index (χ0) is 13.1. The standard InChI is InChI=1S/C12H21N3OS/c1-8(10(16)13-5)14-6-9-7-17-11(15-9)12(2,3)4/h7-8,14H,6H2,1-5H3,(H,13,16). The van der Waals surface area contributed by atoms with E-state index in [9.17, 15) is 4.79 Å². The number of hydrogen-bond donors (Lipinski definition) is 2. The van der Waals surface area contributed by atoms with Gasteiger partial charge in [-0.2, -0.15) is 0 Å². The van der Waals surface area contributed by atoms with Crippen LogP contribution >= 0.6 is 11.3 Å². The Morgan fingerprint density at radius 2 is 2.18 bits per heavy atom. The van der Waals surface area contributed by atoms with Crippen LogP contribution in [0.4, 0.5) is 0 Å². The van der Waals surface area contributed by atoms with E-state index in [1.54, 1.807) is 18.4 Å². The van der Waals surface area contributed by atoms with Gasteiger partial charge in [-0.05, 0) is 6.92 Å². The maximum absolute atomic E-state index is 11.3. The molecule has 0 saturated heterocycles. The van der Waals surface area contributed by atoms with Gasteiger partial charge < -0.3 is 10.6 Å². The van der Waals surface area contributed by atoms with Gasteiger partial charge in [-0.25, -0.2) is 4.98 Å². The van der Waals surface area contributed by atoms with Gasteiger partial charge in [0.2, 0.25) is 5.91 Å². The predicted molar refractivity (Wildman–Crippen MR) is 71.2 cm³/mol. The number of rotatable bonds is 4. The van der Waals surface area contributed by atoms with Crippen molar-refractivity contribution in [2.45, 2.75) is 45.7 Å². The third-order valence-electron chi connectivity index (χ3n) is 2.42. The van der Waals surface area contributed by atoms with Crippen LogP contribution in [0.25, 0.3) is 0 Å². The predicted octanol–water partition coefficient (Wildman–Crippen LogP) is 1.66. The molecule has 1 aromatic rings. The SMILES string of the molecule is CNC(=O)C(C)NCc1csc(C(C)(C)C)n1. The minimum absolute atomic E-state index is 0.00345. The van der Waals surface area contributed by atoms with Crippen LogP contribution in [0.3, 0.4) is 0 Å². The van der Waals surface area contributed by atoms with Crippen molar-refractivity contribution in [2.24, 2.45) is 0 Å². The monoisotopic (exact) mass is 255 g/mol. The fraction of sp³-hybridized carbons (Fsp3) is 0.667. The van der Waals surface area contributed by atoms with Crippen molar-refractivity contribution >= 4 is 17.2 Å². The summed E-state index contributed by atoms with van der Waals surface area (Å²) >= 11 is 1.67. The Bertz CT molecular complexity index is 381. The Balaban J connectivity index is 2.53. The van der Waals surface area contributed by atoms with Gasteiger partial charge in [-0.3, -0.25) is 4.79 Å². The summed E-state index contributed by atoms with van der Waals surface area (Å²) < 4.78 is 0. The summed E-state index contributed by atoms with van der Waals surface area (Å²) in [6.07, 6.45) is 0. The van der Waals surface area contributed by atoms with Crippen LogP contribution < -0.4 is 10.6 Å². The number of hydrogen-bond acceptors (Lipinski definition) is 4. The molecule has 1 atom stereocenters. The van der Waals surface area contributed by atoms with Gasteiger partial charge >= 0.3 is 0 Å². The van der Waals surface area contributed by atoms with E-state index in [0.717, 1.165) is 10.7 Å². The van der Waals surface area contributed by atoms with E-state index in [1.165, 1.54) is 0 Å². The van der Waals surface area contributed by atoms with E-state index in [2.05, 4.69) is 36.4 Å². The Morgan fingerprint density at radius 3 is 2.65 bits per heavy atom. The fourth-order valence-electron chi connectivity index (χ4n) is 1.30. The summed E-state index contributed by atoms with van der Waals surface area (Å²) in [5.74, 6) is -0.00345. The number of nitrogens with zero attached hydrogens (tertiary/aromatic N) is 1. The van der Waals surface area contributed by atoms with E-state index < -0.39 is 0 Å². The molecule has 0 aromatic carbocycles. The maximum Gasteiger partial charge on any atom is 0.236 e. The molecule has 17 heavy (non-hydrogen) atoms. The lowest BCUT2D eigenvalue weighted by Gasteiger charge is -2.14. The van der Waals surface area contributed by atoms with Crippen LogP contribution in [0.1, 0.15) is 38.4 Å². The lowest BCUT2D eigenvalue weighted by Crippen LogP contribution is -2.40. The molecule has 0 bridgehead atoms. The summed E-state index contributed by atoms with van der Waals surface area (Å²) in [4.78, 5) is 15.9. The van der Waals surface area contributed by atoms with Crippen molar-refractivity contribution in [3.63, 3.8) is 0 Å². The molecule has 1 amide bonds. The highest BCUT2D eigenvalue weighted by molar-refractivity contribution is 7.09. The first-order valence-corrected chi connectivity index (χ1v) is 6.62. The number of carbonyl (C=O) groups excluding carboxylic acids is 1. The van der Waals surface area contributed by atoms with Crippen LogP contribution in [-0.2, 0) is 16.8 Å². The molecule has 5 heteroatoms. The maximum atomic E-state index is 11.3. The third-order valence-corrected chi connectivity index (χ3v) is 3.74. The average Bonchev–Trinajstić information content (AvgIpc) is 2.72. The van der Waals surface area contributed by atoms with Gasteiger partial charge in [0.05, 0.1) is 16.7 Å². The van der Waals surface area contributed by atoms with Crippen LogP contribution in [0.5, 0.6) is 0 Å². The zero-order valence-corrected chi connectivity index (χ0v) is 11.9. The smallest absolute Gasteiger partial charge is 0.236 e. The second-order valence-electron chi connectivity index (χ2n) is 5.11. The van der Waals surface area contributed by atoms with Crippen LogP contribution in [0.15, 0.2) is 5.38 Å². The highest BCUT2D eigenvalue weighted by Gasteiger charge is 2.18. The van der Waals surface area contributed by atoms with Crippen molar-refractivity contribution < 1.29 is 4.79 Å². The molecule has 4 nitrogen and oxygen atoms in total. The summed E-state index contributed by atoms with van der Waals surface area (Å²) in [5.41, 5.74) is 1.09. The largest absolute Gasteiger partial charge is 0.358 e. The Labute approximate surface area is 107 Å². The van der Waals surface area contributed by atoms with Crippen molar-refractivity contribution in [3.8, 4) is 0 Å². The quantitative estimate of drug-likeness (QED) is 0.860. The summed E-state index contributed by atoms with van der Waals surface area (Å²) in [5, 5.41) is 8.93. The van der Waals surface area contributed by atoms with Crippen molar-refractivity contribution in [3.05, 3.63) is 16.1 Å². The topological polar surface area (TPSA) is 54.0 Å². The summed E-state index contributed by atoms with van der Waals surface area (Å²) in [7, 11) is 1.64. The minimum atomic E-state index is -0.195. The van der Waals surface area contributed by atoms with Crippen molar-refractivity contribution in [1.29, 1.82) is 0 Å². The van der Waals surface area contributed by atoms with Gasteiger partial charge in [-0.15, -0.1) is 11.3 Å². The third kappa shape index (κ3) is 4.09. The lowest BCUT2D eigenvalue weighted by molar-refractivity contribution is -0.122. The number of carbonyl (C=O) groups is 1. The molecule has 0 radical (unpaired) electrons. The van der Waals surface area contributed by atoms with Gasteiger partial charge in [0.1, 0.15) is 0 Å². The van der Waals surface area contributed by atoms with Gasteiger partial charge in [0.25, 0.3) is 0 Å². The summed E-state index contributed by atoms with van der Waals surface area (Å²) in [6, 6.07) is -0.195. The minimum Gasteiger partial charge on any atom is -0.358 e. The number of likely N-dealkylation sites (N-methyl/N-ethyl adjacent to an activating group) is 1. The van der Waals surface area contributed by atoms with Crippen molar-refractivity contribution in [1.82, 2.24) is 15.6 Å². The highest BCUT2D eigenvalue weighted by Crippen LogP contribution is 2.25. The second-order valence-corrected chi connectivity index (χ2v) is 5.97. The molecule has 1 aromatic heterocycles. The normalized spacial score (nSPS) is 13.5. The molecule has 1 rings (SSSR count). The van der Waals surface area contributed by atoms with Gasteiger partial charge in [0, 0.05) is 24.4 Å². The number of nitrogens with one attached hydrogen (secondary N) is 2. The van der Waals surface area contributed by atoms with Crippen LogP contribution in [-0.4, -0.2) is 24.0 Å². The number of thiazole rings is 1. The van der Waals surface area contributed by atoms with Gasteiger partial charge in [0.15, 0.2) is 0 Å². The Hall–Kier alpha value is -0.940. The first kappa shape index (κ1) is 14.1. The molecular formula is C12H21N3OS. The average molecular weight is 255 g/mol. The molecule has 96 valence electrons. The lowest BCUT2D eigenvalue weighted by atomic mass is 9.98. The Kier molecular flexibility index (Phi) is 4.65. The number of aromatic nitrogens is 1. The Morgan fingerprint density at radius 1 is 1.53 bits per heavy atom. The van der Waals surface area contributed by atoms with E-state index in [4.69, 9.17) is 0 Å². The molecule has 0 spiro atoms. The van der Waals surface area contributed by atoms with E-state index in [0.29, 0.717) is 6.54 Å². The summed E-state index contributed by atoms with van der Waals surface area (Å²) in [6.45, 7) is 8.92. The molecule has 2 N–H and O–H groups in total. The molecule has 1 heterocycles. The van der Waals surface area contributed by atoms with Gasteiger partial charge in [-0.1, -0.05) is 20.8 Å². The fourth-order valence-corrected chi connectivity index (χ4v) is 2.21. The highest BCUT2D eigenvalue weighted by atomic mass is 32.1. The molecule has 1 unspecified atom stereocenters. The molecular weight excluding hydrogens is 234 g/mol.